The Bertz CT molecular complexity index is 262. The summed E-state index contributed by atoms with van der Waals surface area (Å²) in [6.45, 7) is 2.09. The van der Waals surface area contributed by atoms with Gasteiger partial charge in [-0.05, 0) is 31.6 Å². The van der Waals surface area contributed by atoms with Gasteiger partial charge < -0.3 is 4.90 Å². The molecule has 2 rings (SSSR count). The average Bonchev–Trinajstić information content (AvgIpc) is 2.87. The number of hydrogen-bond acceptors (Lipinski definition) is 2. The predicted octanol–water partition coefficient (Wildman–Crippen LogP) is 1.80. The minimum Gasteiger partial charge on any atom is -0.332 e. The maximum absolute atomic E-state index is 11.6. The monoisotopic (exact) mass is 191 g/mol. The van der Waals surface area contributed by atoms with Crippen LogP contribution in [0.3, 0.4) is 0 Å². The Morgan fingerprint density at radius 1 is 1.07 bits per heavy atom. The van der Waals surface area contributed by atoms with E-state index in [2.05, 4.69) is 16.9 Å². The Balaban J connectivity index is 1.85. The summed E-state index contributed by atoms with van der Waals surface area (Å²) >= 11 is 0. The zero-order valence-corrected chi connectivity index (χ0v) is 8.59. The van der Waals surface area contributed by atoms with Gasteiger partial charge in [0.15, 0.2) is 0 Å². The zero-order chi connectivity index (χ0) is 9.80. The molecule has 2 heteroatoms. The smallest absolute Gasteiger partial charge is 0.210 e. The molecule has 0 aromatic heterocycles. The summed E-state index contributed by atoms with van der Waals surface area (Å²) in [7, 11) is 0. The molecule has 0 amide bonds. The maximum Gasteiger partial charge on any atom is 0.210 e. The highest BCUT2D eigenvalue weighted by Crippen LogP contribution is 2.25. The topological polar surface area (TPSA) is 20.3 Å². The van der Waals surface area contributed by atoms with Crippen molar-refractivity contribution >= 4 is 5.78 Å². The fourth-order valence-corrected chi connectivity index (χ4v) is 2.25. The highest BCUT2D eigenvalue weighted by atomic mass is 16.1. The van der Waals surface area contributed by atoms with Crippen molar-refractivity contribution in [3.05, 3.63) is 0 Å². The summed E-state index contributed by atoms with van der Waals surface area (Å²) in [4.78, 5) is 13.7. The van der Waals surface area contributed by atoms with Crippen LogP contribution < -0.4 is 0 Å². The van der Waals surface area contributed by atoms with Crippen LogP contribution in [0.4, 0.5) is 0 Å². The van der Waals surface area contributed by atoms with E-state index >= 15 is 0 Å². The molecule has 0 bridgehead atoms. The van der Waals surface area contributed by atoms with Gasteiger partial charge in [0.25, 0.3) is 0 Å². The maximum atomic E-state index is 11.6. The lowest BCUT2D eigenvalue weighted by molar-refractivity contribution is -0.117. The van der Waals surface area contributed by atoms with E-state index in [9.17, 15) is 4.79 Å². The molecule has 1 saturated carbocycles. The Labute approximate surface area is 85.7 Å². The number of carbonyl (C=O) groups is 1. The second-order valence-corrected chi connectivity index (χ2v) is 4.28. The van der Waals surface area contributed by atoms with Crippen LogP contribution in [0, 0.1) is 17.9 Å². The molecule has 0 radical (unpaired) electrons. The van der Waals surface area contributed by atoms with Crippen LogP contribution in [0.25, 0.3) is 0 Å². The van der Waals surface area contributed by atoms with Crippen LogP contribution in [-0.2, 0) is 4.79 Å². The SMILES string of the molecule is O=C(C#CN1CCCC1)C1CCCC1. The van der Waals surface area contributed by atoms with Gasteiger partial charge in [-0.25, -0.2) is 0 Å². The van der Waals surface area contributed by atoms with Crippen molar-refractivity contribution in [3.8, 4) is 12.0 Å². The Kier molecular flexibility index (Phi) is 3.08. The minimum atomic E-state index is 0.175. The summed E-state index contributed by atoms with van der Waals surface area (Å²) in [5, 5.41) is 0. The molecule has 14 heavy (non-hydrogen) atoms. The van der Waals surface area contributed by atoms with E-state index in [0.29, 0.717) is 0 Å². The first-order valence-corrected chi connectivity index (χ1v) is 5.67. The lowest BCUT2D eigenvalue weighted by Crippen LogP contribution is -2.14. The number of likely N-dealkylation sites (tertiary alicyclic amines) is 1. The molecule has 2 aliphatic rings. The van der Waals surface area contributed by atoms with E-state index in [0.717, 1.165) is 25.9 Å². The third-order valence-corrected chi connectivity index (χ3v) is 3.17. The summed E-state index contributed by atoms with van der Waals surface area (Å²) in [6, 6.07) is 2.99. The highest BCUT2D eigenvalue weighted by Gasteiger charge is 2.21. The quantitative estimate of drug-likeness (QED) is 0.589. The van der Waals surface area contributed by atoms with Gasteiger partial charge in [0.05, 0.1) is 0 Å². The van der Waals surface area contributed by atoms with Crippen molar-refractivity contribution in [1.82, 2.24) is 4.90 Å². The molecule has 0 atom stereocenters. The second-order valence-electron chi connectivity index (χ2n) is 4.28. The van der Waals surface area contributed by atoms with Gasteiger partial charge in [0, 0.05) is 25.1 Å². The van der Waals surface area contributed by atoms with E-state index < -0.39 is 0 Å². The largest absolute Gasteiger partial charge is 0.332 e. The molecular weight excluding hydrogens is 174 g/mol. The Morgan fingerprint density at radius 3 is 2.36 bits per heavy atom. The number of rotatable bonds is 1. The van der Waals surface area contributed by atoms with Gasteiger partial charge in [-0.1, -0.05) is 12.8 Å². The Morgan fingerprint density at radius 2 is 1.71 bits per heavy atom. The number of carbonyl (C=O) groups excluding carboxylic acids is 1. The van der Waals surface area contributed by atoms with Crippen molar-refractivity contribution in [1.29, 1.82) is 0 Å². The van der Waals surface area contributed by atoms with E-state index in [1.165, 1.54) is 25.7 Å². The van der Waals surface area contributed by atoms with Gasteiger partial charge in [-0.2, -0.15) is 0 Å². The van der Waals surface area contributed by atoms with Crippen molar-refractivity contribution in [2.24, 2.45) is 5.92 Å². The highest BCUT2D eigenvalue weighted by molar-refractivity contribution is 5.97. The van der Waals surface area contributed by atoms with Crippen molar-refractivity contribution in [3.63, 3.8) is 0 Å². The fraction of sp³-hybridized carbons (Fsp3) is 0.750. The van der Waals surface area contributed by atoms with E-state index in [1.54, 1.807) is 0 Å². The van der Waals surface area contributed by atoms with Crippen LogP contribution in [0.2, 0.25) is 0 Å². The molecule has 0 spiro atoms. The van der Waals surface area contributed by atoms with Crippen LogP contribution in [-0.4, -0.2) is 23.8 Å². The van der Waals surface area contributed by atoms with Crippen LogP contribution in [0.1, 0.15) is 38.5 Å². The predicted molar refractivity (Wildman–Crippen MR) is 55.5 cm³/mol. The molecule has 1 aliphatic heterocycles. The molecule has 2 fully saturated rings. The number of ketones is 1. The third-order valence-electron chi connectivity index (χ3n) is 3.17. The van der Waals surface area contributed by atoms with Crippen molar-refractivity contribution in [2.45, 2.75) is 38.5 Å². The van der Waals surface area contributed by atoms with Gasteiger partial charge in [0.1, 0.15) is 0 Å². The van der Waals surface area contributed by atoms with E-state index in [-0.39, 0.29) is 11.7 Å². The molecule has 0 aromatic carbocycles. The Hall–Kier alpha value is -0.970. The second kappa shape index (κ2) is 4.50. The number of Topliss-reactive ketones (excluding diaryl/α,β-unsaturated/α-hetero) is 1. The van der Waals surface area contributed by atoms with Gasteiger partial charge in [0.2, 0.25) is 5.78 Å². The lowest BCUT2D eigenvalue weighted by Gasteiger charge is -2.06. The minimum absolute atomic E-state index is 0.175. The molecule has 1 aliphatic carbocycles. The van der Waals surface area contributed by atoms with Crippen LogP contribution in [0.5, 0.6) is 0 Å². The summed E-state index contributed by atoms with van der Waals surface area (Å²) < 4.78 is 0. The van der Waals surface area contributed by atoms with Crippen molar-refractivity contribution < 1.29 is 4.79 Å². The van der Waals surface area contributed by atoms with E-state index in [4.69, 9.17) is 0 Å². The third kappa shape index (κ3) is 2.29. The number of hydrogen-bond donors (Lipinski definition) is 0. The fourth-order valence-electron chi connectivity index (χ4n) is 2.25. The average molecular weight is 191 g/mol. The molecule has 1 saturated heterocycles. The molecule has 2 nitrogen and oxygen atoms in total. The van der Waals surface area contributed by atoms with Gasteiger partial charge in [-0.3, -0.25) is 4.79 Å². The normalized spacial score (nSPS) is 22.1. The van der Waals surface area contributed by atoms with Crippen molar-refractivity contribution in [2.75, 3.05) is 13.1 Å². The molecular formula is C12H17NO. The summed E-state index contributed by atoms with van der Waals surface area (Å²) in [5.74, 6) is 3.23. The molecule has 76 valence electrons. The lowest BCUT2D eigenvalue weighted by atomic mass is 10.0. The molecule has 1 heterocycles. The first-order valence-electron chi connectivity index (χ1n) is 5.67. The standard InChI is InChI=1S/C12H17NO/c14-12(11-5-1-2-6-11)7-10-13-8-3-4-9-13/h11H,1-6,8-9H2. The summed E-state index contributed by atoms with van der Waals surface area (Å²) in [6.07, 6.45) is 7.00. The first-order chi connectivity index (χ1) is 6.86. The first kappa shape index (κ1) is 9.58. The molecule has 0 N–H and O–H groups in total. The van der Waals surface area contributed by atoms with Gasteiger partial charge >= 0.3 is 0 Å². The van der Waals surface area contributed by atoms with Crippen LogP contribution >= 0.6 is 0 Å². The molecule has 0 unspecified atom stereocenters. The zero-order valence-electron chi connectivity index (χ0n) is 8.59. The van der Waals surface area contributed by atoms with E-state index in [1.807, 2.05) is 0 Å². The van der Waals surface area contributed by atoms with Crippen LogP contribution in [0.15, 0.2) is 0 Å². The summed E-state index contributed by atoms with van der Waals surface area (Å²) in [5.41, 5.74) is 0. The molecule has 0 aromatic rings. The van der Waals surface area contributed by atoms with Gasteiger partial charge in [-0.15, -0.1) is 0 Å². The number of nitrogens with zero attached hydrogens (tertiary/aromatic N) is 1.